The first-order chi connectivity index (χ1) is 10.1. The Hall–Kier alpha value is -1.87. The van der Waals surface area contributed by atoms with Crippen molar-refractivity contribution in [2.75, 3.05) is 6.54 Å². The van der Waals surface area contributed by atoms with Crippen LogP contribution in [-0.4, -0.2) is 11.5 Å². The van der Waals surface area contributed by atoms with Crippen molar-refractivity contribution in [2.24, 2.45) is 0 Å². The Kier molecular flexibility index (Phi) is 5.34. The summed E-state index contributed by atoms with van der Waals surface area (Å²) < 4.78 is 6.12. The maximum atomic E-state index is 6.12. The molecule has 1 aromatic heterocycles. The van der Waals surface area contributed by atoms with Crippen molar-refractivity contribution in [1.29, 1.82) is 0 Å². The maximum absolute atomic E-state index is 6.12. The van der Waals surface area contributed by atoms with Crippen molar-refractivity contribution < 1.29 is 4.74 Å². The molecule has 0 aliphatic heterocycles. The Labute approximate surface area is 127 Å². The zero-order valence-corrected chi connectivity index (χ0v) is 13.4. The van der Waals surface area contributed by atoms with E-state index >= 15 is 0 Å². The Balaban J connectivity index is 2.26. The van der Waals surface area contributed by atoms with Crippen LogP contribution in [0.25, 0.3) is 0 Å². The van der Waals surface area contributed by atoms with E-state index in [2.05, 4.69) is 49.3 Å². The van der Waals surface area contributed by atoms with Crippen LogP contribution in [-0.2, 0) is 13.0 Å². The average molecular weight is 284 g/mol. The Morgan fingerprint density at radius 1 is 1.05 bits per heavy atom. The molecule has 112 valence electrons. The van der Waals surface area contributed by atoms with E-state index in [0.29, 0.717) is 0 Å². The Bertz CT molecular complexity index is 608. The minimum absolute atomic E-state index is 0.854. The number of aromatic nitrogens is 1. The lowest BCUT2D eigenvalue weighted by molar-refractivity contribution is 0.468. The van der Waals surface area contributed by atoms with E-state index in [1.54, 1.807) is 0 Å². The van der Waals surface area contributed by atoms with E-state index in [4.69, 9.17) is 4.74 Å². The molecule has 0 aliphatic rings. The van der Waals surface area contributed by atoms with Crippen molar-refractivity contribution in [1.82, 2.24) is 10.3 Å². The van der Waals surface area contributed by atoms with Gasteiger partial charge in [0.2, 0.25) is 0 Å². The largest absolute Gasteiger partial charge is 0.455 e. The molecule has 0 unspecified atom stereocenters. The summed E-state index contributed by atoms with van der Waals surface area (Å²) >= 11 is 0. The molecule has 1 aromatic carbocycles. The normalized spacial score (nSPS) is 10.7. The molecule has 1 heterocycles. The number of aryl methyl sites for hydroxylation is 3. The molecule has 2 rings (SSSR count). The summed E-state index contributed by atoms with van der Waals surface area (Å²) in [6.45, 7) is 10.1. The second kappa shape index (κ2) is 7.23. The molecule has 0 atom stereocenters. The summed E-state index contributed by atoms with van der Waals surface area (Å²) in [6.07, 6.45) is 0.868. The highest BCUT2D eigenvalue weighted by Crippen LogP contribution is 2.28. The lowest BCUT2D eigenvalue weighted by Crippen LogP contribution is -2.11. The van der Waals surface area contributed by atoms with Crippen LogP contribution in [0.15, 0.2) is 30.3 Å². The van der Waals surface area contributed by atoms with E-state index in [1.807, 2.05) is 19.1 Å². The van der Waals surface area contributed by atoms with Crippen LogP contribution in [0.1, 0.15) is 36.4 Å². The van der Waals surface area contributed by atoms with E-state index in [-0.39, 0.29) is 0 Å². The number of nitrogens with one attached hydrogen (secondary N) is 1. The molecular formula is C18H24N2O. The molecule has 0 saturated heterocycles. The highest BCUT2D eigenvalue weighted by atomic mass is 16.5. The quantitative estimate of drug-likeness (QED) is 0.864. The molecular weight excluding hydrogens is 260 g/mol. The summed E-state index contributed by atoms with van der Waals surface area (Å²) in [4.78, 5) is 4.55. The third kappa shape index (κ3) is 4.05. The van der Waals surface area contributed by atoms with E-state index in [1.165, 1.54) is 5.56 Å². The van der Waals surface area contributed by atoms with Crippen LogP contribution >= 0.6 is 0 Å². The second-order valence-corrected chi connectivity index (χ2v) is 5.23. The monoisotopic (exact) mass is 284 g/mol. The van der Waals surface area contributed by atoms with Gasteiger partial charge in [0, 0.05) is 12.2 Å². The fourth-order valence-electron chi connectivity index (χ4n) is 2.20. The molecule has 0 saturated carbocycles. The highest BCUT2D eigenvalue weighted by Gasteiger charge is 2.08. The van der Waals surface area contributed by atoms with Gasteiger partial charge in [0.25, 0.3) is 0 Å². The molecule has 0 fully saturated rings. The van der Waals surface area contributed by atoms with Crippen LogP contribution in [0.4, 0.5) is 0 Å². The zero-order chi connectivity index (χ0) is 15.2. The summed E-state index contributed by atoms with van der Waals surface area (Å²) in [7, 11) is 0. The predicted octanol–water partition coefficient (Wildman–Crippen LogP) is 4.16. The standard InChI is InChI=1S/C18H24N2O/c1-5-16-17(10-8-14(4)20-16)21-18-11-15(12-19-6-2)9-7-13(18)3/h7-11,19H,5-6,12H2,1-4H3. The van der Waals surface area contributed by atoms with Gasteiger partial charge < -0.3 is 10.1 Å². The minimum atomic E-state index is 0.854. The molecule has 0 bridgehead atoms. The summed E-state index contributed by atoms with van der Waals surface area (Å²) in [5.41, 5.74) is 4.40. The number of nitrogens with zero attached hydrogens (tertiary/aromatic N) is 1. The van der Waals surface area contributed by atoms with Crippen LogP contribution in [0.3, 0.4) is 0 Å². The second-order valence-electron chi connectivity index (χ2n) is 5.23. The fraction of sp³-hybridized carbons (Fsp3) is 0.389. The molecule has 3 heteroatoms. The lowest BCUT2D eigenvalue weighted by Gasteiger charge is -2.13. The molecule has 3 nitrogen and oxygen atoms in total. The zero-order valence-electron chi connectivity index (χ0n) is 13.4. The number of ether oxygens (including phenoxy) is 1. The molecule has 0 radical (unpaired) electrons. The molecule has 2 aromatic rings. The first kappa shape index (κ1) is 15.5. The summed E-state index contributed by atoms with van der Waals surface area (Å²) in [5.74, 6) is 1.76. The Morgan fingerprint density at radius 2 is 1.86 bits per heavy atom. The fourth-order valence-corrected chi connectivity index (χ4v) is 2.20. The van der Waals surface area contributed by atoms with Gasteiger partial charge in [-0.2, -0.15) is 0 Å². The average Bonchev–Trinajstić information content (AvgIpc) is 2.49. The van der Waals surface area contributed by atoms with E-state index in [0.717, 1.165) is 48.0 Å². The minimum Gasteiger partial charge on any atom is -0.455 e. The predicted molar refractivity (Wildman–Crippen MR) is 87.0 cm³/mol. The molecule has 1 N–H and O–H groups in total. The SMILES string of the molecule is CCNCc1ccc(C)c(Oc2ccc(C)nc2CC)c1. The first-order valence-electron chi connectivity index (χ1n) is 7.58. The Morgan fingerprint density at radius 3 is 2.57 bits per heavy atom. The number of hydrogen-bond donors (Lipinski definition) is 1. The lowest BCUT2D eigenvalue weighted by atomic mass is 10.1. The van der Waals surface area contributed by atoms with Gasteiger partial charge in [-0.25, -0.2) is 0 Å². The highest BCUT2D eigenvalue weighted by molar-refractivity contribution is 5.41. The van der Waals surface area contributed by atoms with E-state index < -0.39 is 0 Å². The third-order valence-corrected chi connectivity index (χ3v) is 3.46. The number of hydrogen-bond acceptors (Lipinski definition) is 3. The maximum Gasteiger partial charge on any atom is 0.148 e. The molecule has 21 heavy (non-hydrogen) atoms. The third-order valence-electron chi connectivity index (χ3n) is 3.46. The van der Waals surface area contributed by atoms with Gasteiger partial charge in [-0.3, -0.25) is 4.98 Å². The van der Waals surface area contributed by atoms with Crippen LogP contribution in [0.2, 0.25) is 0 Å². The van der Waals surface area contributed by atoms with Gasteiger partial charge in [-0.1, -0.05) is 26.0 Å². The molecule has 0 aliphatic carbocycles. The van der Waals surface area contributed by atoms with Crippen molar-refractivity contribution >= 4 is 0 Å². The van der Waals surface area contributed by atoms with Gasteiger partial charge >= 0.3 is 0 Å². The van der Waals surface area contributed by atoms with Crippen LogP contribution in [0, 0.1) is 13.8 Å². The summed E-state index contributed by atoms with van der Waals surface area (Å²) in [5, 5.41) is 3.34. The van der Waals surface area contributed by atoms with Gasteiger partial charge in [0.1, 0.15) is 11.5 Å². The van der Waals surface area contributed by atoms with E-state index in [9.17, 15) is 0 Å². The number of pyridine rings is 1. The van der Waals surface area contributed by atoms with Gasteiger partial charge in [-0.05, 0) is 56.1 Å². The summed E-state index contributed by atoms with van der Waals surface area (Å²) in [6, 6.07) is 10.4. The number of benzene rings is 1. The van der Waals surface area contributed by atoms with Gasteiger partial charge in [0.15, 0.2) is 0 Å². The van der Waals surface area contributed by atoms with Gasteiger partial charge in [0.05, 0.1) is 5.69 Å². The van der Waals surface area contributed by atoms with Crippen LogP contribution < -0.4 is 10.1 Å². The van der Waals surface area contributed by atoms with Crippen molar-refractivity contribution in [3.63, 3.8) is 0 Å². The van der Waals surface area contributed by atoms with Crippen molar-refractivity contribution in [3.05, 3.63) is 52.8 Å². The first-order valence-corrected chi connectivity index (χ1v) is 7.58. The van der Waals surface area contributed by atoms with Gasteiger partial charge in [-0.15, -0.1) is 0 Å². The number of rotatable bonds is 6. The van der Waals surface area contributed by atoms with Crippen molar-refractivity contribution in [3.8, 4) is 11.5 Å². The molecule has 0 amide bonds. The smallest absolute Gasteiger partial charge is 0.148 e. The molecule has 0 spiro atoms. The van der Waals surface area contributed by atoms with Crippen molar-refractivity contribution in [2.45, 2.75) is 40.7 Å². The topological polar surface area (TPSA) is 34.1 Å². The van der Waals surface area contributed by atoms with Crippen LogP contribution in [0.5, 0.6) is 11.5 Å².